The molecule has 1 aromatic carbocycles. The van der Waals surface area contributed by atoms with Crippen molar-refractivity contribution in [3.63, 3.8) is 0 Å². The summed E-state index contributed by atoms with van der Waals surface area (Å²) < 4.78 is 0. The van der Waals surface area contributed by atoms with E-state index in [0.717, 1.165) is 13.0 Å². The topological polar surface area (TPSA) is 82.2 Å². The summed E-state index contributed by atoms with van der Waals surface area (Å²) in [4.78, 5) is 13.9. The third-order valence-electron chi connectivity index (χ3n) is 3.58. The number of nitrogens with two attached hydrogens (primary N) is 1. The Bertz CT molecular complexity index is 522. The molecule has 1 heterocycles. The van der Waals surface area contributed by atoms with Gasteiger partial charge < -0.3 is 16.0 Å². The van der Waals surface area contributed by atoms with E-state index in [0.29, 0.717) is 24.3 Å². The average Bonchev–Trinajstić information content (AvgIpc) is 2.82. The Hall–Kier alpha value is -2.06. The number of nitrogens with zero attached hydrogens (tertiary/aromatic N) is 2. The number of carbonyl (C=O) groups is 1. The fraction of sp³-hybridized carbons (Fsp3) is 0.429. The van der Waals surface area contributed by atoms with Gasteiger partial charge in [-0.15, -0.1) is 0 Å². The van der Waals surface area contributed by atoms with E-state index in [1.165, 1.54) is 0 Å². The van der Waals surface area contributed by atoms with Crippen LogP contribution in [-0.4, -0.2) is 30.6 Å². The molecule has 3 N–H and O–H groups in total. The second-order valence-corrected chi connectivity index (χ2v) is 5.31. The lowest BCUT2D eigenvalue weighted by molar-refractivity contribution is 0.216. The van der Waals surface area contributed by atoms with Gasteiger partial charge in [0.1, 0.15) is 0 Å². The quantitative estimate of drug-likeness (QED) is 0.848. The largest absolute Gasteiger partial charge is 0.330 e. The maximum Gasteiger partial charge on any atom is 0.321 e. The predicted molar refractivity (Wildman–Crippen MR) is 73.5 cm³/mol. The Balaban J connectivity index is 2.00. The number of rotatable bonds is 2. The van der Waals surface area contributed by atoms with E-state index in [1.807, 2.05) is 0 Å². The molecule has 0 aliphatic carbocycles. The summed E-state index contributed by atoms with van der Waals surface area (Å²) in [6, 6.07) is 8.81. The molecule has 100 valence electrons. The van der Waals surface area contributed by atoms with Crippen molar-refractivity contribution in [3.05, 3.63) is 29.8 Å². The van der Waals surface area contributed by atoms with Gasteiger partial charge in [0.15, 0.2) is 0 Å². The molecule has 1 aliphatic heterocycles. The van der Waals surface area contributed by atoms with E-state index < -0.39 is 0 Å². The molecule has 0 saturated carbocycles. The third kappa shape index (κ3) is 3.04. The first-order valence-electron chi connectivity index (χ1n) is 6.32. The molecule has 1 aliphatic rings. The molecule has 5 heteroatoms. The first-order valence-corrected chi connectivity index (χ1v) is 6.32. The van der Waals surface area contributed by atoms with Crippen molar-refractivity contribution in [1.82, 2.24) is 4.90 Å². The summed E-state index contributed by atoms with van der Waals surface area (Å²) in [5.74, 6) is 0. The Kier molecular flexibility index (Phi) is 3.72. The number of nitriles is 1. The summed E-state index contributed by atoms with van der Waals surface area (Å²) >= 11 is 0. The van der Waals surface area contributed by atoms with E-state index in [9.17, 15) is 4.79 Å². The Morgan fingerprint density at radius 3 is 3.05 bits per heavy atom. The number of urea groups is 1. The molecule has 2 rings (SSSR count). The molecule has 1 aromatic rings. The molecule has 1 atom stereocenters. The van der Waals surface area contributed by atoms with Gasteiger partial charge in [-0.05, 0) is 36.6 Å². The lowest BCUT2D eigenvalue weighted by Crippen LogP contribution is -2.36. The number of hydrogen-bond acceptors (Lipinski definition) is 3. The normalized spacial score (nSPS) is 22.1. The smallest absolute Gasteiger partial charge is 0.321 e. The van der Waals surface area contributed by atoms with Crippen LogP contribution in [0.5, 0.6) is 0 Å². The van der Waals surface area contributed by atoms with Crippen LogP contribution in [0.25, 0.3) is 0 Å². The number of carbonyl (C=O) groups excluding carboxylic acids is 1. The zero-order valence-electron chi connectivity index (χ0n) is 11.0. The first kappa shape index (κ1) is 13.4. The molecule has 19 heavy (non-hydrogen) atoms. The lowest BCUT2D eigenvalue weighted by Gasteiger charge is -2.22. The molecule has 0 aromatic heterocycles. The van der Waals surface area contributed by atoms with Crippen molar-refractivity contribution in [2.24, 2.45) is 11.1 Å². The van der Waals surface area contributed by atoms with Gasteiger partial charge in [0, 0.05) is 18.8 Å². The van der Waals surface area contributed by atoms with Crippen molar-refractivity contribution in [3.8, 4) is 6.07 Å². The third-order valence-corrected chi connectivity index (χ3v) is 3.58. The molecule has 1 fully saturated rings. The highest BCUT2D eigenvalue weighted by Crippen LogP contribution is 2.28. The minimum atomic E-state index is -0.132. The van der Waals surface area contributed by atoms with Crippen LogP contribution in [-0.2, 0) is 0 Å². The van der Waals surface area contributed by atoms with Crippen LogP contribution in [0.4, 0.5) is 10.5 Å². The summed E-state index contributed by atoms with van der Waals surface area (Å²) in [7, 11) is 0. The monoisotopic (exact) mass is 258 g/mol. The van der Waals surface area contributed by atoms with Gasteiger partial charge in [-0.2, -0.15) is 5.26 Å². The maximum atomic E-state index is 12.1. The van der Waals surface area contributed by atoms with Gasteiger partial charge >= 0.3 is 6.03 Å². The maximum absolute atomic E-state index is 12.1. The molecule has 0 bridgehead atoms. The van der Waals surface area contributed by atoms with Crippen molar-refractivity contribution >= 4 is 11.7 Å². The van der Waals surface area contributed by atoms with Crippen LogP contribution in [0.15, 0.2) is 24.3 Å². The minimum absolute atomic E-state index is 0.0197. The minimum Gasteiger partial charge on any atom is -0.330 e. The predicted octanol–water partition coefficient (Wildman–Crippen LogP) is 1.76. The van der Waals surface area contributed by atoms with Crippen LogP contribution in [0.3, 0.4) is 0 Å². The van der Waals surface area contributed by atoms with Crippen LogP contribution in [0.2, 0.25) is 0 Å². The van der Waals surface area contributed by atoms with E-state index in [4.69, 9.17) is 11.0 Å². The van der Waals surface area contributed by atoms with Gasteiger partial charge in [-0.3, -0.25) is 0 Å². The van der Waals surface area contributed by atoms with E-state index >= 15 is 0 Å². The molecule has 1 unspecified atom stereocenters. The zero-order chi connectivity index (χ0) is 13.9. The van der Waals surface area contributed by atoms with Crippen LogP contribution >= 0.6 is 0 Å². The van der Waals surface area contributed by atoms with Crippen LogP contribution in [0.1, 0.15) is 18.9 Å². The first-order chi connectivity index (χ1) is 9.06. The standard InChI is InChI=1S/C14H18N4O/c1-14(9-16)5-6-18(10-14)13(19)17-12-4-2-3-11(7-12)8-15/h2-4,7H,5-6,9-10,16H2,1H3,(H,17,19). The lowest BCUT2D eigenvalue weighted by atomic mass is 9.90. The molecular formula is C14H18N4O. The Morgan fingerprint density at radius 1 is 1.63 bits per heavy atom. The molecule has 5 nitrogen and oxygen atoms in total. The number of nitrogens with one attached hydrogen (secondary N) is 1. The van der Waals surface area contributed by atoms with Crippen LogP contribution < -0.4 is 11.1 Å². The van der Waals surface area contributed by atoms with Crippen molar-refractivity contribution in [1.29, 1.82) is 5.26 Å². The Morgan fingerprint density at radius 2 is 2.42 bits per heavy atom. The fourth-order valence-electron chi connectivity index (χ4n) is 2.23. The van der Waals surface area contributed by atoms with Crippen LogP contribution in [0, 0.1) is 16.7 Å². The zero-order valence-corrected chi connectivity index (χ0v) is 11.0. The van der Waals surface area contributed by atoms with E-state index in [-0.39, 0.29) is 11.4 Å². The van der Waals surface area contributed by atoms with Gasteiger partial charge in [-0.1, -0.05) is 13.0 Å². The molecule has 1 saturated heterocycles. The Labute approximate surface area is 113 Å². The summed E-state index contributed by atoms with van der Waals surface area (Å²) in [6.07, 6.45) is 0.926. The number of likely N-dealkylation sites (tertiary alicyclic amines) is 1. The second-order valence-electron chi connectivity index (χ2n) is 5.31. The summed E-state index contributed by atoms with van der Waals surface area (Å²) in [6.45, 7) is 4.07. The summed E-state index contributed by atoms with van der Waals surface area (Å²) in [5.41, 5.74) is 6.92. The highest BCUT2D eigenvalue weighted by Gasteiger charge is 2.34. The number of anilines is 1. The average molecular weight is 258 g/mol. The van der Waals surface area contributed by atoms with Gasteiger partial charge in [0.2, 0.25) is 0 Å². The molecule has 0 spiro atoms. The highest BCUT2D eigenvalue weighted by atomic mass is 16.2. The number of benzene rings is 1. The van der Waals surface area contributed by atoms with Crippen molar-refractivity contribution < 1.29 is 4.79 Å². The molecule has 2 amide bonds. The van der Waals surface area contributed by atoms with Crippen molar-refractivity contribution in [2.75, 3.05) is 25.0 Å². The van der Waals surface area contributed by atoms with Gasteiger partial charge in [-0.25, -0.2) is 4.79 Å². The number of hydrogen-bond donors (Lipinski definition) is 2. The SMILES string of the molecule is CC1(CN)CCN(C(=O)Nc2cccc(C#N)c2)C1. The van der Waals surface area contributed by atoms with Gasteiger partial charge in [0.25, 0.3) is 0 Å². The molecule has 0 radical (unpaired) electrons. The van der Waals surface area contributed by atoms with Crippen molar-refractivity contribution in [2.45, 2.75) is 13.3 Å². The number of amides is 2. The van der Waals surface area contributed by atoms with E-state index in [2.05, 4.69) is 18.3 Å². The second kappa shape index (κ2) is 5.29. The fourth-order valence-corrected chi connectivity index (χ4v) is 2.23. The summed E-state index contributed by atoms with van der Waals surface area (Å²) in [5, 5.41) is 11.6. The molecular weight excluding hydrogens is 240 g/mol. The van der Waals surface area contributed by atoms with E-state index in [1.54, 1.807) is 29.2 Å². The van der Waals surface area contributed by atoms with Gasteiger partial charge in [0.05, 0.1) is 11.6 Å². The highest BCUT2D eigenvalue weighted by molar-refractivity contribution is 5.89.